The fraction of sp³-hybridized carbons (Fsp3) is 0.333. The molecule has 0 bridgehead atoms. The molecule has 146 valence electrons. The van der Waals surface area contributed by atoms with Crippen LogP contribution in [0.15, 0.2) is 48.7 Å². The van der Waals surface area contributed by atoms with Gasteiger partial charge >= 0.3 is 0 Å². The normalized spacial score (nSPS) is 16.9. The Balaban J connectivity index is 1.39. The molecule has 1 aliphatic rings. The van der Waals surface area contributed by atoms with E-state index in [1.165, 1.54) is 6.07 Å². The highest BCUT2D eigenvalue weighted by atomic mass is 19.1. The maximum Gasteiger partial charge on any atom is 0.271 e. The van der Waals surface area contributed by atoms with Crippen molar-refractivity contribution in [3.63, 3.8) is 0 Å². The van der Waals surface area contributed by atoms with E-state index in [0.717, 1.165) is 24.2 Å². The third-order valence-electron chi connectivity index (χ3n) is 5.13. The van der Waals surface area contributed by atoms with Crippen LogP contribution in [0.4, 0.5) is 4.39 Å². The van der Waals surface area contributed by atoms with Gasteiger partial charge in [0.25, 0.3) is 5.91 Å². The zero-order valence-corrected chi connectivity index (χ0v) is 15.8. The molecule has 1 aromatic carbocycles. The van der Waals surface area contributed by atoms with Gasteiger partial charge in [-0.25, -0.2) is 4.39 Å². The highest BCUT2D eigenvalue weighted by molar-refractivity contribution is 5.93. The summed E-state index contributed by atoms with van der Waals surface area (Å²) in [5, 5.41) is 7.14. The number of aromatic amines is 1. The van der Waals surface area contributed by atoms with E-state index in [-0.39, 0.29) is 23.4 Å². The topological polar surface area (TPSA) is 63.1 Å². The molecule has 3 aromatic rings. The minimum absolute atomic E-state index is 0.0662. The maximum absolute atomic E-state index is 13.7. The van der Waals surface area contributed by atoms with Crippen LogP contribution in [0.2, 0.25) is 0 Å². The highest BCUT2D eigenvalue weighted by Crippen LogP contribution is 2.23. The van der Waals surface area contributed by atoms with Crippen LogP contribution in [-0.4, -0.2) is 45.3 Å². The smallest absolute Gasteiger partial charge is 0.271 e. The van der Waals surface area contributed by atoms with Crippen molar-refractivity contribution in [1.82, 2.24) is 19.7 Å². The van der Waals surface area contributed by atoms with Crippen LogP contribution < -0.4 is 4.74 Å². The summed E-state index contributed by atoms with van der Waals surface area (Å²) in [4.78, 5) is 14.7. The Morgan fingerprint density at radius 1 is 1.32 bits per heavy atom. The molecule has 0 radical (unpaired) electrons. The molecule has 28 heavy (non-hydrogen) atoms. The van der Waals surface area contributed by atoms with Crippen LogP contribution in [0.3, 0.4) is 0 Å². The van der Waals surface area contributed by atoms with E-state index in [0.29, 0.717) is 25.4 Å². The number of amides is 1. The van der Waals surface area contributed by atoms with Gasteiger partial charge in [0.05, 0.1) is 12.3 Å². The number of ether oxygens (including phenoxy) is 1. The van der Waals surface area contributed by atoms with Gasteiger partial charge in [0, 0.05) is 32.3 Å². The van der Waals surface area contributed by atoms with Crippen molar-refractivity contribution in [3.8, 4) is 17.1 Å². The lowest BCUT2D eigenvalue weighted by Gasteiger charge is -2.32. The third-order valence-corrected chi connectivity index (χ3v) is 5.13. The molecular weight excluding hydrogens is 359 g/mol. The lowest BCUT2D eigenvalue weighted by atomic mass is 9.98. The van der Waals surface area contributed by atoms with Crippen molar-refractivity contribution in [3.05, 3.63) is 60.2 Å². The second kappa shape index (κ2) is 7.88. The lowest BCUT2D eigenvalue weighted by Crippen LogP contribution is -2.41. The van der Waals surface area contributed by atoms with Crippen LogP contribution in [0.5, 0.6) is 5.75 Å². The molecule has 1 N–H and O–H groups in total. The summed E-state index contributed by atoms with van der Waals surface area (Å²) in [6, 6.07) is 12.1. The van der Waals surface area contributed by atoms with Crippen molar-refractivity contribution in [2.75, 3.05) is 19.7 Å². The molecule has 7 heteroatoms. The molecule has 1 amide bonds. The number of aromatic nitrogens is 3. The molecule has 4 rings (SSSR count). The number of benzene rings is 1. The minimum atomic E-state index is -0.364. The number of halogens is 1. The first-order valence-corrected chi connectivity index (χ1v) is 9.45. The van der Waals surface area contributed by atoms with Gasteiger partial charge in [-0.1, -0.05) is 12.1 Å². The van der Waals surface area contributed by atoms with Gasteiger partial charge in [0.15, 0.2) is 11.6 Å². The van der Waals surface area contributed by atoms with E-state index >= 15 is 0 Å². The summed E-state index contributed by atoms with van der Waals surface area (Å²) in [6.07, 6.45) is 3.79. The van der Waals surface area contributed by atoms with Crippen molar-refractivity contribution >= 4 is 5.91 Å². The molecule has 0 unspecified atom stereocenters. The summed E-state index contributed by atoms with van der Waals surface area (Å²) in [5.74, 6) is -0.000225. The van der Waals surface area contributed by atoms with Gasteiger partial charge in [-0.15, -0.1) is 0 Å². The number of H-pyrrole nitrogens is 1. The number of rotatable bonds is 5. The van der Waals surface area contributed by atoms with Gasteiger partial charge in [0.2, 0.25) is 0 Å². The summed E-state index contributed by atoms with van der Waals surface area (Å²) in [6.45, 7) is 1.68. The summed E-state index contributed by atoms with van der Waals surface area (Å²) in [5.41, 5.74) is 2.17. The quantitative estimate of drug-likeness (QED) is 0.735. The van der Waals surface area contributed by atoms with Gasteiger partial charge < -0.3 is 14.2 Å². The summed E-state index contributed by atoms with van der Waals surface area (Å²) >= 11 is 0. The van der Waals surface area contributed by atoms with Crippen molar-refractivity contribution in [1.29, 1.82) is 0 Å². The Hall–Kier alpha value is -3.09. The van der Waals surface area contributed by atoms with Crippen LogP contribution >= 0.6 is 0 Å². The van der Waals surface area contributed by atoms with Crippen LogP contribution in [0, 0.1) is 11.7 Å². The fourth-order valence-corrected chi connectivity index (χ4v) is 3.62. The molecule has 1 saturated heterocycles. The van der Waals surface area contributed by atoms with E-state index in [4.69, 9.17) is 4.74 Å². The molecule has 1 aliphatic heterocycles. The Bertz CT molecular complexity index is 965. The second-order valence-corrected chi connectivity index (χ2v) is 7.17. The van der Waals surface area contributed by atoms with Crippen molar-refractivity contribution in [2.45, 2.75) is 12.8 Å². The summed E-state index contributed by atoms with van der Waals surface area (Å²) in [7, 11) is 1.94. The number of hydrogen-bond donors (Lipinski definition) is 1. The van der Waals surface area contributed by atoms with Gasteiger partial charge in [-0.05, 0) is 43.2 Å². The molecule has 6 nitrogen and oxygen atoms in total. The highest BCUT2D eigenvalue weighted by Gasteiger charge is 2.26. The largest absolute Gasteiger partial charge is 0.490 e. The fourth-order valence-electron chi connectivity index (χ4n) is 3.62. The number of hydrogen-bond acceptors (Lipinski definition) is 3. The maximum atomic E-state index is 13.7. The van der Waals surface area contributed by atoms with E-state index in [1.807, 2.05) is 34.8 Å². The van der Waals surface area contributed by atoms with E-state index < -0.39 is 0 Å². The molecule has 0 saturated carbocycles. The van der Waals surface area contributed by atoms with Crippen molar-refractivity contribution < 1.29 is 13.9 Å². The molecule has 0 aliphatic carbocycles. The average molecular weight is 382 g/mol. The number of carbonyl (C=O) groups is 1. The standard InChI is InChI=1S/C21H23FN4O2/c1-25-10-5-8-19(25)17-12-18(24-23-17)21(27)26-11-4-6-15(13-26)14-28-20-9-3-2-7-16(20)22/h2-3,5,7-10,12,15H,4,6,11,13-14H2,1H3,(H,23,24)/t15-/m0/s1. The SMILES string of the molecule is Cn1cccc1-c1cc(C(=O)N2CCC[C@H](COc3ccccc3F)C2)[nH]n1. The van der Waals surface area contributed by atoms with Gasteiger partial charge in [-0.3, -0.25) is 9.89 Å². The zero-order chi connectivity index (χ0) is 19.5. The third kappa shape index (κ3) is 3.78. The number of para-hydroxylation sites is 1. The first kappa shape index (κ1) is 18.3. The Kier molecular flexibility index (Phi) is 5.14. The number of piperidine rings is 1. The monoisotopic (exact) mass is 382 g/mol. The molecule has 1 fully saturated rings. The van der Waals surface area contributed by atoms with E-state index in [1.54, 1.807) is 24.3 Å². The lowest BCUT2D eigenvalue weighted by molar-refractivity contribution is 0.0625. The number of aryl methyl sites for hydroxylation is 1. The van der Waals surface area contributed by atoms with Gasteiger partial charge in [0.1, 0.15) is 11.4 Å². The minimum Gasteiger partial charge on any atom is -0.490 e. The van der Waals surface area contributed by atoms with E-state index in [9.17, 15) is 9.18 Å². The van der Waals surface area contributed by atoms with Crippen LogP contribution in [0.1, 0.15) is 23.3 Å². The number of carbonyl (C=O) groups excluding carboxylic acids is 1. The average Bonchev–Trinajstić information content (AvgIpc) is 3.36. The molecule has 0 spiro atoms. The first-order valence-electron chi connectivity index (χ1n) is 9.45. The van der Waals surface area contributed by atoms with Gasteiger partial charge in [-0.2, -0.15) is 5.10 Å². The predicted octanol–water partition coefficient (Wildman–Crippen LogP) is 3.49. The number of nitrogens with zero attached hydrogens (tertiary/aromatic N) is 3. The van der Waals surface area contributed by atoms with Crippen LogP contribution in [-0.2, 0) is 7.05 Å². The molecule has 3 heterocycles. The number of likely N-dealkylation sites (tertiary alicyclic amines) is 1. The van der Waals surface area contributed by atoms with Crippen LogP contribution in [0.25, 0.3) is 11.4 Å². The first-order chi connectivity index (χ1) is 13.6. The molecular formula is C21H23FN4O2. The second-order valence-electron chi connectivity index (χ2n) is 7.17. The Labute approximate surface area is 162 Å². The molecule has 1 atom stereocenters. The predicted molar refractivity (Wildman–Crippen MR) is 104 cm³/mol. The zero-order valence-electron chi connectivity index (χ0n) is 15.8. The Morgan fingerprint density at radius 3 is 2.96 bits per heavy atom. The number of nitrogens with one attached hydrogen (secondary N) is 1. The summed E-state index contributed by atoms with van der Waals surface area (Å²) < 4.78 is 21.3. The molecule has 2 aromatic heterocycles. The van der Waals surface area contributed by atoms with Crippen molar-refractivity contribution in [2.24, 2.45) is 13.0 Å². The Morgan fingerprint density at radius 2 is 2.18 bits per heavy atom. The van der Waals surface area contributed by atoms with E-state index in [2.05, 4.69) is 10.2 Å².